The molecule has 0 radical (unpaired) electrons. The smallest absolute Gasteiger partial charge is 0.251 e. The maximum absolute atomic E-state index is 12.5. The predicted molar refractivity (Wildman–Crippen MR) is 91.4 cm³/mol. The van der Waals surface area contributed by atoms with Crippen molar-refractivity contribution in [3.8, 4) is 0 Å². The normalized spacial score (nSPS) is 17.1. The Kier molecular flexibility index (Phi) is 4.45. The molecule has 2 aromatic carbocycles. The summed E-state index contributed by atoms with van der Waals surface area (Å²) in [6.45, 7) is 0. The number of benzene rings is 2. The van der Waals surface area contributed by atoms with Crippen molar-refractivity contribution in [3.05, 3.63) is 68.1 Å². The molecule has 0 bridgehead atoms. The SMILES string of the molecule is O=C(NC1CCCc2ccccc21)c1cc(Br)cc(Br)c1. The summed E-state index contributed by atoms with van der Waals surface area (Å²) in [5.74, 6) is -0.0290. The number of nitrogens with one attached hydrogen (secondary N) is 1. The first-order valence-electron chi connectivity index (χ1n) is 6.98. The van der Waals surface area contributed by atoms with Gasteiger partial charge in [-0.05, 0) is 48.6 Å². The van der Waals surface area contributed by atoms with Crippen molar-refractivity contribution < 1.29 is 4.79 Å². The molecule has 0 heterocycles. The number of carbonyl (C=O) groups is 1. The van der Waals surface area contributed by atoms with Crippen LogP contribution in [0, 0.1) is 0 Å². The Hall–Kier alpha value is -1.13. The van der Waals surface area contributed by atoms with Crippen LogP contribution in [0.4, 0.5) is 0 Å². The van der Waals surface area contributed by atoms with Crippen molar-refractivity contribution in [3.63, 3.8) is 0 Å². The Bertz CT molecular complexity index is 664. The molecule has 4 heteroatoms. The van der Waals surface area contributed by atoms with E-state index in [1.807, 2.05) is 24.3 Å². The number of amides is 1. The molecule has 21 heavy (non-hydrogen) atoms. The third kappa shape index (κ3) is 3.38. The van der Waals surface area contributed by atoms with Crippen LogP contribution >= 0.6 is 31.9 Å². The van der Waals surface area contributed by atoms with Crippen molar-refractivity contribution in [2.45, 2.75) is 25.3 Å². The lowest BCUT2D eigenvalue weighted by molar-refractivity contribution is 0.0932. The van der Waals surface area contributed by atoms with Crippen LogP contribution in [0.2, 0.25) is 0 Å². The molecule has 0 saturated carbocycles. The van der Waals surface area contributed by atoms with E-state index < -0.39 is 0 Å². The minimum absolute atomic E-state index is 0.0290. The van der Waals surface area contributed by atoms with Crippen molar-refractivity contribution in [1.29, 1.82) is 0 Å². The Morgan fingerprint density at radius 1 is 1.10 bits per heavy atom. The van der Waals surface area contributed by atoms with Gasteiger partial charge in [0.15, 0.2) is 0 Å². The number of hydrogen-bond donors (Lipinski definition) is 1. The van der Waals surface area contributed by atoms with Gasteiger partial charge in [-0.1, -0.05) is 56.1 Å². The first-order valence-corrected chi connectivity index (χ1v) is 8.57. The molecular formula is C17H15Br2NO. The van der Waals surface area contributed by atoms with Crippen LogP contribution in [0.25, 0.3) is 0 Å². The third-order valence-corrected chi connectivity index (χ3v) is 4.72. The van der Waals surface area contributed by atoms with Gasteiger partial charge in [-0.3, -0.25) is 4.79 Å². The van der Waals surface area contributed by atoms with E-state index in [1.54, 1.807) is 0 Å². The van der Waals surface area contributed by atoms with Gasteiger partial charge in [0.05, 0.1) is 6.04 Å². The van der Waals surface area contributed by atoms with E-state index in [0.717, 1.165) is 28.2 Å². The zero-order valence-electron chi connectivity index (χ0n) is 11.4. The van der Waals surface area contributed by atoms with E-state index in [9.17, 15) is 4.79 Å². The van der Waals surface area contributed by atoms with Crippen molar-refractivity contribution >= 4 is 37.8 Å². The molecule has 1 N–H and O–H groups in total. The van der Waals surface area contributed by atoms with Gasteiger partial charge in [-0.15, -0.1) is 0 Å². The molecule has 0 aromatic heterocycles. The molecule has 3 rings (SSSR count). The molecule has 0 saturated heterocycles. The summed E-state index contributed by atoms with van der Waals surface area (Å²) in [5, 5.41) is 3.17. The number of fused-ring (bicyclic) bond motifs is 1. The molecule has 2 nitrogen and oxygen atoms in total. The fraction of sp³-hybridized carbons (Fsp3) is 0.235. The summed E-state index contributed by atoms with van der Waals surface area (Å²) in [7, 11) is 0. The molecule has 0 fully saturated rings. The van der Waals surface area contributed by atoms with Crippen LogP contribution in [-0.4, -0.2) is 5.91 Å². The molecule has 1 aliphatic rings. The van der Waals surface area contributed by atoms with Gasteiger partial charge in [0.25, 0.3) is 5.91 Å². The quantitative estimate of drug-likeness (QED) is 0.742. The lowest BCUT2D eigenvalue weighted by Gasteiger charge is -2.26. The van der Waals surface area contributed by atoms with E-state index in [2.05, 4.69) is 55.4 Å². The molecule has 108 valence electrons. The number of carbonyl (C=O) groups excluding carboxylic acids is 1. The second-order valence-corrected chi connectivity index (χ2v) is 7.11. The molecular weight excluding hydrogens is 394 g/mol. The predicted octanol–water partition coefficient (Wildman–Crippen LogP) is 5.02. The van der Waals surface area contributed by atoms with Gasteiger partial charge < -0.3 is 5.32 Å². The molecule has 1 unspecified atom stereocenters. The summed E-state index contributed by atoms with van der Waals surface area (Å²) in [6.07, 6.45) is 3.22. The van der Waals surface area contributed by atoms with E-state index in [-0.39, 0.29) is 11.9 Å². The van der Waals surface area contributed by atoms with E-state index >= 15 is 0 Å². The highest BCUT2D eigenvalue weighted by Crippen LogP contribution is 2.30. The average molecular weight is 409 g/mol. The summed E-state index contributed by atoms with van der Waals surface area (Å²) in [6, 6.07) is 14.1. The molecule has 0 aliphatic heterocycles. The van der Waals surface area contributed by atoms with Gasteiger partial charge in [-0.25, -0.2) is 0 Å². The van der Waals surface area contributed by atoms with Crippen molar-refractivity contribution in [1.82, 2.24) is 5.32 Å². The number of aryl methyl sites for hydroxylation is 1. The minimum atomic E-state index is -0.0290. The van der Waals surface area contributed by atoms with E-state index in [1.165, 1.54) is 11.1 Å². The van der Waals surface area contributed by atoms with Gasteiger partial charge in [0.1, 0.15) is 0 Å². The highest BCUT2D eigenvalue weighted by atomic mass is 79.9. The van der Waals surface area contributed by atoms with E-state index in [0.29, 0.717) is 5.56 Å². The Morgan fingerprint density at radius 3 is 2.57 bits per heavy atom. The largest absolute Gasteiger partial charge is 0.345 e. The van der Waals surface area contributed by atoms with Crippen LogP contribution in [0.15, 0.2) is 51.4 Å². The fourth-order valence-electron chi connectivity index (χ4n) is 2.83. The Balaban J connectivity index is 1.82. The van der Waals surface area contributed by atoms with Gasteiger partial charge in [0.2, 0.25) is 0 Å². The van der Waals surface area contributed by atoms with E-state index in [4.69, 9.17) is 0 Å². The first-order chi connectivity index (χ1) is 10.1. The van der Waals surface area contributed by atoms with Gasteiger partial charge in [-0.2, -0.15) is 0 Å². The van der Waals surface area contributed by atoms with Crippen molar-refractivity contribution in [2.75, 3.05) is 0 Å². The van der Waals surface area contributed by atoms with Crippen LogP contribution in [0.1, 0.15) is 40.4 Å². The Morgan fingerprint density at radius 2 is 1.81 bits per heavy atom. The van der Waals surface area contributed by atoms with Crippen LogP contribution < -0.4 is 5.32 Å². The first kappa shape index (κ1) is 14.8. The molecule has 2 aromatic rings. The number of hydrogen-bond acceptors (Lipinski definition) is 1. The zero-order valence-corrected chi connectivity index (χ0v) is 14.6. The van der Waals surface area contributed by atoms with Crippen LogP contribution in [0.3, 0.4) is 0 Å². The lowest BCUT2D eigenvalue weighted by Crippen LogP contribution is -2.31. The summed E-state index contributed by atoms with van der Waals surface area (Å²) in [4.78, 5) is 12.5. The highest BCUT2D eigenvalue weighted by Gasteiger charge is 2.22. The minimum Gasteiger partial charge on any atom is -0.345 e. The zero-order chi connectivity index (χ0) is 14.8. The standard InChI is InChI=1S/C17H15Br2NO/c18-13-8-12(9-14(19)10-13)17(21)20-16-7-3-5-11-4-1-2-6-15(11)16/h1-2,4,6,8-10,16H,3,5,7H2,(H,20,21). The maximum Gasteiger partial charge on any atom is 0.251 e. The monoisotopic (exact) mass is 407 g/mol. The van der Waals surface area contributed by atoms with Crippen LogP contribution in [-0.2, 0) is 6.42 Å². The van der Waals surface area contributed by atoms with Gasteiger partial charge in [0, 0.05) is 14.5 Å². The second-order valence-electron chi connectivity index (χ2n) is 5.28. The average Bonchev–Trinajstić information content (AvgIpc) is 2.46. The molecule has 1 atom stereocenters. The van der Waals surface area contributed by atoms with Gasteiger partial charge >= 0.3 is 0 Å². The highest BCUT2D eigenvalue weighted by molar-refractivity contribution is 9.11. The number of rotatable bonds is 2. The lowest BCUT2D eigenvalue weighted by atomic mass is 9.87. The molecule has 1 aliphatic carbocycles. The third-order valence-electron chi connectivity index (χ3n) is 3.80. The molecule has 1 amide bonds. The summed E-state index contributed by atoms with van der Waals surface area (Å²) < 4.78 is 1.79. The second kappa shape index (κ2) is 6.32. The fourth-order valence-corrected chi connectivity index (χ4v) is 4.12. The summed E-state index contributed by atoms with van der Waals surface area (Å²) in [5.41, 5.74) is 3.27. The topological polar surface area (TPSA) is 29.1 Å². The van der Waals surface area contributed by atoms with Crippen molar-refractivity contribution in [2.24, 2.45) is 0 Å². The number of halogens is 2. The Labute approximate surface area is 141 Å². The summed E-state index contributed by atoms with van der Waals surface area (Å²) >= 11 is 6.84. The molecule has 0 spiro atoms. The maximum atomic E-state index is 12.5. The van der Waals surface area contributed by atoms with Crippen LogP contribution in [0.5, 0.6) is 0 Å².